The second-order valence-electron chi connectivity index (χ2n) is 11.3. The van der Waals surface area contributed by atoms with Crippen LogP contribution in [0.3, 0.4) is 0 Å². The fourth-order valence-electron chi connectivity index (χ4n) is 6.03. The Kier molecular flexibility index (Phi) is 8.12. The van der Waals surface area contributed by atoms with Crippen LogP contribution in [0.5, 0.6) is 5.75 Å². The Labute approximate surface area is 256 Å². The molecule has 2 atom stereocenters. The highest BCUT2D eigenvalue weighted by atomic mass is 16.5. The molecule has 11 heteroatoms. The van der Waals surface area contributed by atoms with Crippen molar-refractivity contribution in [3.05, 3.63) is 76.6 Å². The third-order valence-electron chi connectivity index (χ3n) is 8.65. The Bertz CT molecular complexity index is 1600. The van der Waals surface area contributed by atoms with Crippen molar-refractivity contribution in [1.82, 2.24) is 25.3 Å². The van der Waals surface area contributed by atoms with E-state index in [0.717, 1.165) is 61.8 Å². The van der Waals surface area contributed by atoms with E-state index in [1.54, 1.807) is 19.2 Å². The van der Waals surface area contributed by atoms with Gasteiger partial charge in [-0.15, -0.1) is 0 Å². The Hall–Kier alpha value is -4.66. The Morgan fingerprint density at radius 1 is 1.05 bits per heavy atom. The number of hydrogen-bond acceptors (Lipinski definition) is 8. The molecule has 0 aromatic heterocycles. The van der Waals surface area contributed by atoms with Gasteiger partial charge in [-0.3, -0.25) is 14.9 Å². The normalized spacial score (nSPS) is 23.3. The number of likely N-dealkylation sites (N-methyl/N-ethyl adjacent to an activating group) is 1. The van der Waals surface area contributed by atoms with Crippen LogP contribution in [0.2, 0.25) is 0 Å². The first-order chi connectivity index (χ1) is 21.3. The molecule has 2 N–H and O–H groups in total. The third kappa shape index (κ3) is 5.66. The van der Waals surface area contributed by atoms with Crippen LogP contribution in [0, 0.1) is 11.8 Å². The molecule has 6 rings (SSSR count). The number of rotatable bonds is 7. The Morgan fingerprint density at radius 2 is 1.82 bits per heavy atom. The van der Waals surface area contributed by atoms with Crippen molar-refractivity contribution in [3.63, 3.8) is 0 Å². The topological polar surface area (TPSA) is 116 Å². The van der Waals surface area contributed by atoms with Crippen LogP contribution in [0.4, 0.5) is 4.79 Å². The predicted octanol–water partition coefficient (Wildman–Crippen LogP) is 1.97. The number of carbonyl (C=O) groups is 3. The summed E-state index contributed by atoms with van der Waals surface area (Å²) < 4.78 is 11.0. The van der Waals surface area contributed by atoms with Gasteiger partial charge in [0.25, 0.3) is 11.8 Å². The highest BCUT2D eigenvalue weighted by Crippen LogP contribution is 2.29. The van der Waals surface area contributed by atoms with Crippen LogP contribution >= 0.6 is 0 Å². The first kappa shape index (κ1) is 29.4. The van der Waals surface area contributed by atoms with E-state index >= 15 is 0 Å². The van der Waals surface area contributed by atoms with Gasteiger partial charge in [-0.25, -0.2) is 9.79 Å². The number of benzene rings is 2. The van der Waals surface area contributed by atoms with E-state index in [0.29, 0.717) is 23.4 Å². The second-order valence-corrected chi connectivity index (χ2v) is 11.3. The standard InChI is InChI=1S/C33H36N6O5/c1-4-37-15-17-38(18-16-37)28-12-11-27(44-3)29(34-28)23-7-5-22(6-8-23)13-14-33(31(41)35-32(42)36-33)21-39-20-24-9-10-25(43-2)19-26(24)30(39)40/h5-10,12,19,27H,4,11,15-18,20-21H2,1-3H3,(H2,35,36,41,42)/t27?,33-/m1/s1. The zero-order valence-electron chi connectivity index (χ0n) is 25.2. The zero-order chi connectivity index (χ0) is 30.8. The molecule has 4 aliphatic rings. The van der Waals surface area contributed by atoms with E-state index in [-0.39, 0.29) is 18.6 Å². The molecule has 2 aromatic rings. The lowest BCUT2D eigenvalue weighted by Gasteiger charge is -2.37. The number of ether oxygens (including phenoxy) is 2. The summed E-state index contributed by atoms with van der Waals surface area (Å²) in [5, 5.41) is 4.94. The monoisotopic (exact) mass is 596 g/mol. The quantitative estimate of drug-likeness (QED) is 0.371. The van der Waals surface area contributed by atoms with E-state index in [9.17, 15) is 14.4 Å². The highest BCUT2D eigenvalue weighted by molar-refractivity contribution is 6.10. The lowest BCUT2D eigenvalue weighted by Crippen LogP contribution is -2.54. The summed E-state index contributed by atoms with van der Waals surface area (Å²) in [6.07, 6.45) is 2.73. The van der Waals surface area contributed by atoms with Crippen LogP contribution in [-0.4, -0.2) is 103 Å². The largest absolute Gasteiger partial charge is 0.497 e. The van der Waals surface area contributed by atoms with Gasteiger partial charge in [0.15, 0.2) is 0 Å². The average Bonchev–Trinajstić information content (AvgIpc) is 3.52. The summed E-state index contributed by atoms with van der Waals surface area (Å²) in [7, 11) is 3.23. The number of nitrogens with one attached hydrogen (secondary N) is 2. The number of imide groups is 1. The van der Waals surface area contributed by atoms with E-state index in [1.807, 2.05) is 30.3 Å². The SMILES string of the molecule is CCN1CCN(C2=CCC(OC)C(c3ccc(C#C[C@]4(CN5Cc6ccc(OC)cc6C5=O)NC(=O)NC4=O)cc3)=N2)CC1. The summed E-state index contributed by atoms with van der Waals surface area (Å²) in [6.45, 7) is 7.37. The van der Waals surface area contributed by atoms with Crippen LogP contribution in [0.15, 0.2) is 59.4 Å². The highest BCUT2D eigenvalue weighted by Gasteiger charge is 2.48. The summed E-state index contributed by atoms with van der Waals surface area (Å²) >= 11 is 0. The molecular formula is C33H36N6O5. The summed E-state index contributed by atoms with van der Waals surface area (Å²) in [5.74, 6) is 6.74. The fourth-order valence-corrected chi connectivity index (χ4v) is 6.03. The maximum Gasteiger partial charge on any atom is 0.323 e. The maximum atomic E-state index is 13.2. The van der Waals surface area contributed by atoms with Gasteiger partial charge in [-0.1, -0.05) is 37.0 Å². The number of fused-ring (bicyclic) bond motifs is 1. The molecule has 228 valence electrons. The van der Waals surface area contributed by atoms with Gasteiger partial charge < -0.3 is 29.5 Å². The van der Waals surface area contributed by atoms with Crippen LogP contribution < -0.4 is 15.4 Å². The lowest BCUT2D eigenvalue weighted by molar-refractivity contribution is -0.122. The zero-order valence-corrected chi connectivity index (χ0v) is 25.2. The molecule has 0 saturated carbocycles. The molecule has 4 aliphatic heterocycles. The van der Waals surface area contributed by atoms with Gasteiger partial charge in [0.1, 0.15) is 17.7 Å². The number of aliphatic imine (C=N–C) groups is 1. The second kappa shape index (κ2) is 12.1. The molecule has 2 saturated heterocycles. The molecule has 1 unspecified atom stereocenters. The number of urea groups is 1. The minimum absolute atomic E-state index is 0.0978. The third-order valence-corrected chi connectivity index (χ3v) is 8.65. The van der Waals surface area contributed by atoms with Gasteiger partial charge in [-0.2, -0.15) is 0 Å². The first-order valence-electron chi connectivity index (χ1n) is 14.8. The summed E-state index contributed by atoms with van der Waals surface area (Å²) in [4.78, 5) is 49.8. The molecule has 4 amide bonds. The molecule has 2 aromatic carbocycles. The van der Waals surface area contributed by atoms with Crippen LogP contribution in [-0.2, 0) is 16.1 Å². The van der Waals surface area contributed by atoms with E-state index in [4.69, 9.17) is 14.5 Å². The minimum Gasteiger partial charge on any atom is -0.497 e. The predicted molar refractivity (Wildman–Crippen MR) is 164 cm³/mol. The molecule has 0 aliphatic carbocycles. The van der Waals surface area contributed by atoms with E-state index in [2.05, 4.69) is 45.3 Å². The Balaban J connectivity index is 1.21. The number of methoxy groups -OCH3 is 2. The first-order valence-corrected chi connectivity index (χ1v) is 14.8. The summed E-state index contributed by atoms with van der Waals surface area (Å²) in [6, 6.07) is 12.3. The van der Waals surface area contributed by atoms with Crippen molar-refractivity contribution in [2.24, 2.45) is 4.99 Å². The van der Waals surface area contributed by atoms with Crippen molar-refractivity contribution in [2.45, 2.75) is 31.5 Å². The molecule has 0 spiro atoms. The summed E-state index contributed by atoms with van der Waals surface area (Å²) in [5.41, 5.74) is 2.19. The van der Waals surface area contributed by atoms with Gasteiger partial charge in [0.2, 0.25) is 5.54 Å². The van der Waals surface area contributed by atoms with Gasteiger partial charge in [-0.05, 0) is 48.0 Å². The fraction of sp³-hybridized carbons (Fsp3) is 0.394. The van der Waals surface area contributed by atoms with Crippen molar-refractivity contribution >= 4 is 23.6 Å². The van der Waals surface area contributed by atoms with Gasteiger partial charge in [0.05, 0.1) is 19.4 Å². The molecule has 0 bridgehead atoms. The number of amides is 4. The number of carbonyl (C=O) groups excluding carboxylic acids is 3. The smallest absolute Gasteiger partial charge is 0.323 e. The van der Waals surface area contributed by atoms with E-state index < -0.39 is 17.5 Å². The van der Waals surface area contributed by atoms with Crippen molar-refractivity contribution < 1.29 is 23.9 Å². The maximum absolute atomic E-state index is 13.2. The molecule has 44 heavy (non-hydrogen) atoms. The average molecular weight is 597 g/mol. The van der Waals surface area contributed by atoms with Gasteiger partial charge >= 0.3 is 6.03 Å². The molecule has 4 heterocycles. The minimum atomic E-state index is -1.59. The van der Waals surface area contributed by atoms with Crippen LogP contribution in [0.1, 0.15) is 40.4 Å². The van der Waals surface area contributed by atoms with Crippen LogP contribution in [0.25, 0.3) is 0 Å². The number of nitrogens with zero attached hydrogens (tertiary/aromatic N) is 4. The molecule has 2 fully saturated rings. The molecule has 11 nitrogen and oxygen atoms in total. The van der Waals surface area contributed by atoms with Gasteiger partial charge in [0, 0.05) is 57.4 Å². The number of piperazine rings is 1. The molecular weight excluding hydrogens is 560 g/mol. The number of hydrogen-bond donors (Lipinski definition) is 2. The molecule has 0 radical (unpaired) electrons. The van der Waals surface area contributed by atoms with Crippen molar-refractivity contribution in [1.29, 1.82) is 0 Å². The Morgan fingerprint density at radius 3 is 2.48 bits per heavy atom. The van der Waals surface area contributed by atoms with Crippen molar-refractivity contribution in [3.8, 4) is 17.6 Å². The van der Waals surface area contributed by atoms with Crippen molar-refractivity contribution in [2.75, 3.05) is 53.5 Å². The lowest BCUT2D eigenvalue weighted by atomic mass is 9.97. The van der Waals surface area contributed by atoms with E-state index in [1.165, 1.54) is 12.0 Å².